The third-order valence-corrected chi connectivity index (χ3v) is 4.96. The van der Waals surface area contributed by atoms with Crippen molar-refractivity contribution in [2.45, 2.75) is 39.8 Å². The minimum atomic E-state index is 0. The fraction of sp³-hybridized carbons (Fsp3) is 0.273. The first-order chi connectivity index (χ1) is 12.6. The molecule has 0 atom stereocenters. The highest BCUT2D eigenvalue weighted by atomic mass is 35.5. The number of nitrogens with zero attached hydrogens (tertiary/aromatic N) is 2. The molecule has 5 heteroatoms. The first-order valence-electron chi connectivity index (χ1n) is 9.15. The number of nitrogens with one attached hydrogen (secondary N) is 1. The molecule has 0 radical (unpaired) electrons. The van der Waals surface area contributed by atoms with E-state index in [9.17, 15) is 4.79 Å². The zero-order valence-corrected chi connectivity index (χ0v) is 16.5. The van der Waals surface area contributed by atoms with Crippen molar-refractivity contribution in [1.82, 2.24) is 4.57 Å². The maximum atomic E-state index is 12.5. The van der Waals surface area contributed by atoms with E-state index in [0.29, 0.717) is 6.54 Å². The van der Waals surface area contributed by atoms with E-state index >= 15 is 0 Å². The Bertz CT molecular complexity index is 960. The predicted molar refractivity (Wildman–Crippen MR) is 103 cm³/mol. The lowest BCUT2D eigenvalue weighted by atomic mass is 10.1. The normalized spacial score (nSPS) is 12.4. The number of fused-ring (bicyclic) bond motifs is 1. The van der Waals surface area contributed by atoms with Gasteiger partial charge in [0.1, 0.15) is 6.20 Å². The van der Waals surface area contributed by atoms with Crippen molar-refractivity contribution in [1.29, 1.82) is 0 Å². The molecule has 1 aliphatic rings. The predicted octanol–water partition coefficient (Wildman–Crippen LogP) is 0.648. The number of hydrogen-bond donors (Lipinski definition) is 1. The van der Waals surface area contributed by atoms with Crippen LogP contribution in [-0.4, -0.2) is 10.5 Å². The molecule has 1 aliphatic heterocycles. The second kappa shape index (κ2) is 7.97. The number of amides is 1. The Labute approximate surface area is 166 Å². The second-order valence-corrected chi connectivity index (χ2v) is 7.10. The van der Waals surface area contributed by atoms with Crippen molar-refractivity contribution < 1.29 is 21.8 Å². The van der Waals surface area contributed by atoms with Crippen LogP contribution < -0.4 is 22.3 Å². The first kappa shape index (κ1) is 19.2. The van der Waals surface area contributed by atoms with Gasteiger partial charge < -0.3 is 17.7 Å². The van der Waals surface area contributed by atoms with Gasteiger partial charge in [0.25, 0.3) is 11.7 Å². The average molecular weight is 382 g/mol. The summed E-state index contributed by atoms with van der Waals surface area (Å²) in [5.74, 6) is 1.25. The third-order valence-electron chi connectivity index (χ3n) is 4.96. The molecule has 1 amide bonds. The van der Waals surface area contributed by atoms with E-state index in [4.69, 9.17) is 0 Å². The Morgan fingerprint density at radius 1 is 1.11 bits per heavy atom. The zero-order chi connectivity index (χ0) is 18.1. The molecule has 4 nitrogen and oxygen atoms in total. The summed E-state index contributed by atoms with van der Waals surface area (Å²) in [7, 11) is 0. The highest BCUT2D eigenvalue weighted by molar-refractivity contribution is 5.89. The number of carbonyl (C=O) groups is 1. The van der Waals surface area contributed by atoms with Crippen molar-refractivity contribution in [3.05, 3.63) is 71.7 Å². The number of anilines is 1. The third kappa shape index (κ3) is 4.06. The summed E-state index contributed by atoms with van der Waals surface area (Å²) in [4.78, 5) is 12.5. The summed E-state index contributed by atoms with van der Waals surface area (Å²) in [6, 6.07) is 16.5. The Kier molecular flexibility index (Phi) is 5.66. The molecule has 3 aromatic rings. The van der Waals surface area contributed by atoms with Gasteiger partial charge in [0.05, 0.1) is 13.0 Å². The number of halogens is 1. The molecule has 0 bridgehead atoms. The molecule has 0 unspecified atom stereocenters. The van der Waals surface area contributed by atoms with E-state index in [-0.39, 0.29) is 18.3 Å². The van der Waals surface area contributed by atoms with Crippen LogP contribution in [0.25, 0.3) is 11.3 Å². The molecule has 0 saturated carbocycles. The van der Waals surface area contributed by atoms with Gasteiger partial charge in [-0.15, -0.1) is 0 Å². The summed E-state index contributed by atoms with van der Waals surface area (Å²) < 4.78 is 4.46. The van der Waals surface area contributed by atoms with Gasteiger partial charge in [-0.25, -0.2) is 9.13 Å². The van der Waals surface area contributed by atoms with E-state index in [1.54, 1.807) is 0 Å². The molecule has 1 aromatic heterocycles. The molecule has 0 aliphatic carbocycles. The molecular weight excluding hydrogens is 358 g/mol. The van der Waals surface area contributed by atoms with Crippen LogP contribution in [0.5, 0.6) is 0 Å². The van der Waals surface area contributed by atoms with Gasteiger partial charge in [0.15, 0.2) is 12.2 Å². The monoisotopic (exact) mass is 381 g/mol. The van der Waals surface area contributed by atoms with Crippen LogP contribution in [0.1, 0.15) is 23.4 Å². The largest absolute Gasteiger partial charge is 1.00 e. The maximum Gasteiger partial charge on any atom is 0.266 e. The van der Waals surface area contributed by atoms with Crippen LogP contribution in [-0.2, 0) is 24.3 Å². The summed E-state index contributed by atoms with van der Waals surface area (Å²) in [5.41, 5.74) is 5.65. The number of aromatic nitrogens is 2. The minimum absolute atomic E-state index is 0. The van der Waals surface area contributed by atoms with E-state index in [1.165, 1.54) is 22.6 Å². The van der Waals surface area contributed by atoms with E-state index in [1.807, 2.05) is 31.2 Å². The number of hydrogen-bond acceptors (Lipinski definition) is 1. The smallest absolute Gasteiger partial charge is 0.266 e. The molecule has 140 valence electrons. The highest BCUT2D eigenvalue weighted by Crippen LogP contribution is 2.25. The van der Waals surface area contributed by atoms with Gasteiger partial charge >= 0.3 is 0 Å². The zero-order valence-electron chi connectivity index (χ0n) is 15.7. The number of benzene rings is 2. The van der Waals surface area contributed by atoms with Crippen LogP contribution in [0, 0.1) is 13.8 Å². The molecule has 0 spiro atoms. The second-order valence-electron chi connectivity index (χ2n) is 7.10. The molecule has 27 heavy (non-hydrogen) atoms. The Morgan fingerprint density at radius 2 is 1.89 bits per heavy atom. The Hall–Kier alpha value is -2.59. The summed E-state index contributed by atoms with van der Waals surface area (Å²) >= 11 is 0. The SMILES string of the molecule is Cc1ccc(-c2c[n+](CC(=O)Nc3cccc(C)c3)c3n2CCC3)cc1.[Cl-]. The van der Waals surface area contributed by atoms with E-state index in [0.717, 1.165) is 30.6 Å². The molecular formula is C22H24ClN3O. The van der Waals surface area contributed by atoms with Crippen molar-refractivity contribution >= 4 is 11.6 Å². The fourth-order valence-corrected chi connectivity index (χ4v) is 3.68. The van der Waals surface area contributed by atoms with Crippen LogP contribution in [0.3, 0.4) is 0 Å². The van der Waals surface area contributed by atoms with Gasteiger partial charge in [-0.2, -0.15) is 0 Å². The minimum Gasteiger partial charge on any atom is -1.00 e. The Morgan fingerprint density at radius 3 is 2.63 bits per heavy atom. The quantitative estimate of drug-likeness (QED) is 0.662. The summed E-state index contributed by atoms with van der Waals surface area (Å²) in [6.07, 6.45) is 4.27. The molecule has 4 rings (SSSR count). The Balaban J connectivity index is 0.00000210. The van der Waals surface area contributed by atoms with Crippen molar-refractivity contribution in [3.8, 4) is 11.3 Å². The van der Waals surface area contributed by atoms with Crippen LogP contribution >= 0.6 is 0 Å². The topological polar surface area (TPSA) is 37.9 Å². The lowest BCUT2D eigenvalue weighted by Crippen LogP contribution is -3.00. The van der Waals surface area contributed by atoms with E-state index in [2.05, 4.69) is 51.8 Å². The molecule has 2 aromatic carbocycles. The highest BCUT2D eigenvalue weighted by Gasteiger charge is 2.29. The number of carbonyl (C=O) groups excluding carboxylic acids is 1. The summed E-state index contributed by atoms with van der Waals surface area (Å²) in [5, 5.41) is 3.01. The standard InChI is InChI=1S/C22H23N3O.ClH/c1-16-8-10-18(11-9-16)20-14-24(22-7-4-12-25(20)22)15-21(26)23-19-6-3-5-17(2)13-19;/h3,5-6,8-11,13-14H,4,7,12,15H2,1-2H3;1H. The summed E-state index contributed by atoms with van der Waals surface area (Å²) in [6.45, 7) is 5.49. The van der Waals surface area contributed by atoms with Gasteiger partial charge in [-0.05, 0) is 38.0 Å². The van der Waals surface area contributed by atoms with Crippen molar-refractivity contribution in [3.63, 3.8) is 0 Å². The van der Waals surface area contributed by atoms with Crippen molar-refractivity contribution in [2.24, 2.45) is 0 Å². The number of imidazole rings is 1. The molecule has 1 N–H and O–H groups in total. The molecule has 0 saturated heterocycles. The van der Waals surface area contributed by atoms with E-state index < -0.39 is 0 Å². The molecule has 0 fully saturated rings. The average Bonchev–Trinajstić information content (AvgIpc) is 3.20. The number of rotatable bonds is 4. The van der Waals surface area contributed by atoms with Crippen LogP contribution in [0.15, 0.2) is 54.7 Å². The first-order valence-corrected chi connectivity index (χ1v) is 9.15. The van der Waals surface area contributed by atoms with Crippen molar-refractivity contribution in [2.75, 3.05) is 5.32 Å². The number of aryl methyl sites for hydroxylation is 2. The van der Waals surface area contributed by atoms with Gasteiger partial charge in [-0.3, -0.25) is 4.79 Å². The lowest BCUT2D eigenvalue weighted by molar-refractivity contribution is -0.690. The van der Waals surface area contributed by atoms with Crippen LogP contribution in [0.2, 0.25) is 0 Å². The fourth-order valence-electron chi connectivity index (χ4n) is 3.68. The maximum absolute atomic E-state index is 12.5. The molecule has 2 heterocycles. The lowest BCUT2D eigenvalue weighted by Gasteiger charge is -2.05. The van der Waals surface area contributed by atoms with Gasteiger partial charge in [0, 0.05) is 11.3 Å². The van der Waals surface area contributed by atoms with Crippen LogP contribution in [0.4, 0.5) is 5.69 Å². The van der Waals surface area contributed by atoms with Gasteiger partial charge in [0.2, 0.25) is 0 Å². The van der Waals surface area contributed by atoms with Gasteiger partial charge in [-0.1, -0.05) is 42.0 Å².